The molecule has 0 amide bonds. The van der Waals surface area contributed by atoms with Crippen LogP contribution < -0.4 is 10.6 Å². The second-order valence-electron chi connectivity index (χ2n) is 5.07. The number of rotatable bonds is 3. The summed E-state index contributed by atoms with van der Waals surface area (Å²) >= 11 is 0. The lowest BCUT2D eigenvalue weighted by molar-refractivity contribution is 0.657. The molecule has 20 heavy (non-hydrogen) atoms. The molecule has 0 unspecified atom stereocenters. The van der Waals surface area contributed by atoms with Gasteiger partial charge < -0.3 is 10.6 Å². The Morgan fingerprint density at radius 2 is 2.20 bits per heavy atom. The molecule has 1 aliphatic heterocycles. The molecule has 0 saturated heterocycles. The minimum absolute atomic E-state index is 0. The summed E-state index contributed by atoms with van der Waals surface area (Å²) in [6.45, 7) is 5.03. The molecule has 0 fully saturated rings. The summed E-state index contributed by atoms with van der Waals surface area (Å²) in [7, 11) is 0. The van der Waals surface area contributed by atoms with Crippen LogP contribution in [0.15, 0.2) is 30.6 Å². The Kier molecular flexibility index (Phi) is 4.55. The lowest BCUT2D eigenvalue weighted by atomic mass is 9.99. The third kappa shape index (κ3) is 2.75. The number of hydrogen-bond donors (Lipinski definition) is 1. The summed E-state index contributed by atoms with van der Waals surface area (Å²) in [5.41, 5.74) is 10.9. The Labute approximate surface area is 126 Å². The summed E-state index contributed by atoms with van der Waals surface area (Å²) in [4.78, 5) is 2.41. The van der Waals surface area contributed by atoms with E-state index in [1.165, 1.54) is 23.2 Å². The van der Waals surface area contributed by atoms with Gasteiger partial charge in [0.05, 0.1) is 6.20 Å². The van der Waals surface area contributed by atoms with Crippen molar-refractivity contribution in [1.82, 2.24) is 9.78 Å². The molecule has 0 atom stereocenters. The standard InChI is InChI=1S/C15H20N4.ClH/c1-2-19-11-12(9-17-19)10-18-8-4-5-13-14(16)6-3-7-15(13)18;/h3,6-7,9,11H,2,4-5,8,10,16H2,1H3;1H. The van der Waals surface area contributed by atoms with E-state index in [1.54, 1.807) is 0 Å². The van der Waals surface area contributed by atoms with Crippen LogP contribution >= 0.6 is 12.4 Å². The average Bonchev–Trinajstić information content (AvgIpc) is 2.88. The van der Waals surface area contributed by atoms with Crippen LogP contribution in [0.5, 0.6) is 0 Å². The van der Waals surface area contributed by atoms with Crippen molar-refractivity contribution in [3.63, 3.8) is 0 Å². The normalized spacial score (nSPS) is 13.8. The van der Waals surface area contributed by atoms with Crippen molar-refractivity contribution >= 4 is 23.8 Å². The first-order valence-corrected chi connectivity index (χ1v) is 6.91. The SMILES string of the molecule is CCn1cc(CN2CCCc3c(N)cccc32)cn1.Cl. The number of nitrogen functional groups attached to an aromatic ring is 1. The Bertz CT molecular complexity index is 579. The minimum atomic E-state index is 0. The number of nitrogens with two attached hydrogens (primary N) is 1. The molecular formula is C15H21ClN4. The zero-order valence-electron chi connectivity index (χ0n) is 11.7. The second-order valence-corrected chi connectivity index (χ2v) is 5.07. The number of hydrogen-bond acceptors (Lipinski definition) is 3. The van der Waals surface area contributed by atoms with E-state index in [4.69, 9.17) is 5.73 Å². The highest BCUT2D eigenvalue weighted by Crippen LogP contribution is 2.32. The molecule has 5 heteroatoms. The van der Waals surface area contributed by atoms with E-state index in [2.05, 4.69) is 29.2 Å². The van der Waals surface area contributed by atoms with Gasteiger partial charge in [-0.1, -0.05) is 6.07 Å². The predicted molar refractivity (Wildman–Crippen MR) is 85.4 cm³/mol. The number of nitrogens with zero attached hydrogens (tertiary/aromatic N) is 3. The van der Waals surface area contributed by atoms with E-state index in [9.17, 15) is 0 Å². The van der Waals surface area contributed by atoms with Gasteiger partial charge in [-0.25, -0.2) is 0 Å². The summed E-state index contributed by atoms with van der Waals surface area (Å²) in [5, 5.41) is 4.34. The molecule has 0 spiro atoms. The maximum atomic E-state index is 6.08. The molecule has 0 saturated carbocycles. The predicted octanol–water partition coefficient (Wildman–Crippen LogP) is 2.86. The molecule has 2 N–H and O–H groups in total. The van der Waals surface area contributed by atoms with Gasteiger partial charge in [0.15, 0.2) is 0 Å². The molecule has 0 radical (unpaired) electrons. The number of anilines is 2. The van der Waals surface area contributed by atoms with Crippen molar-refractivity contribution in [2.45, 2.75) is 32.9 Å². The number of benzene rings is 1. The fourth-order valence-electron chi connectivity index (χ4n) is 2.77. The first-order valence-electron chi connectivity index (χ1n) is 6.91. The summed E-state index contributed by atoms with van der Waals surface area (Å²) in [6, 6.07) is 6.22. The first-order chi connectivity index (χ1) is 9.28. The zero-order valence-corrected chi connectivity index (χ0v) is 12.6. The van der Waals surface area contributed by atoms with Crippen molar-refractivity contribution in [3.8, 4) is 0 Å². The lowest BCUT2D eigenvalue weighted by Gasteiger charge is -2.31. The highest BCUT2D eigenvalue weighted by molar-refractivity contribution is 5.85. The van der Waals surface area contributed by atoms with Crippen molar-refractivity contribution in [2.75, 3.05) is 17.2 Å². The second kappa shape index (κ2) is 6.18. The third-order valence-corrected chi connectivity index (χ3v) is 3.77. The number of aromatic nitrogens is 2. The van der Waals surface area contributed by atoms with Gasteiger partial charge in [-0.05, 0) is 37.5 Å². The summed E-state index contributed by atoms with van der Waals surface area (Å²) < 4.78 is 1.97. The van der Waals surface area contributed by atoms with Crippen molar-refractivity contribution < 1.29 is 0 Å². The van der Waals surface area contributed by atoms with Gasteiger partial charge in [-0.3, -0.25) is 4.68 Å². The smallest absolute Gasteiger partial charge is 0.0539 e. The summed E-state index contributed by atoms with van der Waals surface area (Å²) in [6.07, 6.45) is 6.35. The van der Waals surface area contributed by atoms with Gasteiger partial charge in [0.1, 0.15) is 0 Å². The highest BCUT2D eigenvalue weighted by atomic mass is 35.5. The molecule has 1 aromatic heterocycles. The molecule has 0 aliphatic carbocycles. The van der Waals surface area contributed by atoms with Crippen molar-refractivity contribution in [3.05, 3.63) is 41.7 Å². The quantitative estimate of drug-likeness (QED) is 0.885. The fourth-order valence-corrected chi connectivity index (χ4v) is 2.77. The Hall–Kier alpha value is -1.68. The fraction of sp³-hybridized carbons (Fsp3) is 0.400. The van der Waals surface area contributed by atoms with E-state index in [-0.39, 0.29) is 12.4 Å². The monoisotopic (exact) mass is 292 g/mol. The van der Waals surface area contributed by atoms with Crippen LogP contribution in [0.2, 0.25) is 0 Å². The van der Waals surface area contributed by atoms with Gasteiger partial charge in [-0.2, -0.15) is 5.10 Å². The van der Waals surface area contributed by atoms with Crippen LogP contribution in [0.25, 0.3) is 0 Å². The number of fused-ring (bicyclic) bond motifs is 1. The Balaban J connectivity index is 0.00000147. The third-order valence-electron chi connectivity index (χ3n) is 3.77. The maximum absolute atomic E-state index is 6.08. The molecule has 1 aromatic carbocycles. The first kappa shape index (κ1) is 14.7. The molecule has 4 nitrogen and oxygen atoms in total. The van der Waals surface area contributed by atoms with Crippen molar-refractivity contribution in [1.29, 1.82) is 0 Å². The number of halogens is 1. The van der Waals surface area contributed by atoms with E-state index >= 15 is 0 Å². The van der Waals surface area contributed by atoms with E-state index < -0.39 is 0 Å². The molecule has 1 aliphatic rings. The van der Waals surface area contributed by atoms with Crippen LogP contribution in [0, 0.1) is 0 Å². The van der Waals surface area contributed by atoms with Crippen LogP contribution in [0.1, 0.15) is 24.5 Å². The van der Waals surface area contributed by atoms with Crippen LogP contribution in [0.3, 0.4) is 0 Å². The zero-order chi connectivity index (χ0) is 13.2. The summed E-state index contributed by atoms with van der Waals surface area (Å²) in [5.74, 6) is 0. The van der Waals surface area contributed by atoms with E-state index in [0.29, 0.717) is 0 Å². The highest BCUT2D eigenvalue weighted by Gasteiger charge is 2.18. The Morgan fingerprint density at radius 3 is 2.95 bits per heavy atom. The average molecular weight is 293 g/mol. The molecule has 2 heterocycles. The van der Waals surface area contributed by atoms with Crippen LogP contribution in [-0.2, 0) is 19.5 Å². The van der Waals surface area contributed by atoms with Crippen LogP contribution in [0.4, 0.5) is 11.4 Å². The largest absolute Gasteiger partial charge is 0.398 e. The molecule has 3 rings (SSSR count). The van der Waals surface area contributed by atoms with Gasteiger partial charge in [0.2, 0.25) is 0 Å². The molecule has 0 bridgehead atoms. The maximum Gasteiger partial charge on any atom is 0.0539 e. The molecule has 108 valence electrons. The topological polar surface area (TPSA) is 47.1 Å². The van der Waals surface area contributed by atoms with Crippen LogP contribution in [-0.4, -0.2) is 16.3 Å². The van der Waals surface area contributed by atoms with E-state index in [1.807, 2.05) is 23.0 Å². The van der Waals surface area contributed by atoms with Gasteiger partial charge in [0.25, 0.3) is 0 Å². The lowest BCUT2D eigenvalue weighted by Crippen LogP contribution is -2.29. The van der Waals surface area contributed by atoms with Crippen molar-refractivity contribution in [2.24, 2.45) is 0 Å². The number of aryl methyl sites for hydroxylation is 1. The molecule has 2 aromatic rings. The molecular weight excluding hydrogens is 272 g/mol. The van der Waals surface area contributed by atoms with Gasteiger partial charge in [0, 0.05) is 42.8 Å². The van der Waals surface area contributed by atoms with Gasteiger partial charge >= 0.3 is 0 Å². The minimum Gasteiger partial charge on any atom is -0.398 e. The Morgan fingerprint density at radius 1 is 1.35 bits per heavy atom. The van der Waals surface area contributed by atoms with Gasteiger partial charge in [-0.15, -0.1) is 12.4 Å². The van der Waals surface area contributed by atoms with E-state index in [0.717, 1.165) is 31.7 Å².